The third-order valence-electron chi connectivity index (χ3n) is 4.61. The summed E-state index contributed by atoms with van der Waals surface area (Å²) < 4.78 is 39.3. The van der Waals surface area contributed by atoms with Gasteiger partial charge in [0, 0.05) is 0 Å². The summed E-state index contributed by atoms with van der Waals surface area (Å²) in [6.45, 7) is 5.75. The summed E-state index contributed by atoms with van der Waals surface area (Å²) in [5, 5.41) is 2.80. The second-order valence-corrected chi connectivity index (χ2v) is 8.93. The molecular formula is C20H24N2O5S. The van der Waals surface area contributed by atoms with Gasteiger partial charge in [-0.05, 0) is 56.2 Å². The summed E-state index contributed by atoms with van der Waals surface area (Å²) in [6.07, 6.45) is 0.699. The SMILES string of the molecule is CCc1ccc(OC)c(S(=O)(=O)Nc2ccc3c(c2)NC(=O)C(C)(C)CO3)c1. The molecule has 1 amide bonds. The van der Waals surface area contributed by atoms with E-state index < -0.39 is 15.4 Å². The molecule has 1 aliphatic rings. The number of amides is 1. The first-order valence-electron chi connectivity index (χ1n) is 8.94. The molecule has 0 saturated heterocycles. The first kappa shape index (κ1) is 20.0. The average molecular weight is 404 g/mol. The number of rotatable bonds is 5. The Morgan fingerprint density at radius 3 is 2.64 bits per heavy atom. The van der Waals surface area contributed by atoms with Crippen LogP contribution in [0.5, 0.6) is 11.5 Å². The first-order valence-corrected chi connectivity index (χ1v) is 10.4. The molecule has 1 aliphatic heterocycles. The largest absolute Gasteiger partial charge is 0.495 e. The molecule has 0 fully saturated rings. The molecule has 1 heterocycles. The van der Waals surface area contributed by atoms with Gasteiger partial charge in [-0.2, -0.15) is 0 Å². The third-order valence-corrected chi connectivity index (χ3v) is 6.01. The molecule has 7 nitrogen and oxygen atoms in total. The van der Waals surface area contributed by atoms with Crippen molar-refractivity contribution in [1.29, 1.82) is 0 Å². The maximum Gasteiger partial charge on any atom is 0.265 e. The van der Waals surface area contributed by atoms with Gasteiger partial charge in [0.15, 0.2) is 0 Å². The average Bonchev–Trinajstić information content (AvgIpc) is 2.76. The van der Waals surface area contributed by atoms with E-state index in [2.05, 4.69) is 10.0 Å². The van der Waals surface area contributed by atoms with Crippen molar-refractivity contribution in [3.63, 3.8) is 0 Å². The molecule has 0 bridgehead atoms. The number of nitrogens with one attached hydrogen (secondary N) is 2. The molecule has 0 atom stereocenters. The Balaban J connectivity index is 1.94. The molecule has 0 spiro atoms. The molecule has 0 aromatic heterocycles. The van der Waals surface area contributed by atoms with Gasteiger partial charge in [0.25, 0.3) is 10.0 Å². The Bertz CT molecular complexity index is 1020. The summed E-state index contributed by atoms with van der Waals surface area (Å²) in [4.78, 5) is 12.4. The van der Waals surface area contributed by atoms with Gasteiger partial charge in [0.2, 0.25) is 5.91 Å². The molecule has 0 aliphatic carbocycles. The molecule has 0 radical (unpaired) electrons. The lowest BCUT2D eigenvalue weighted by molar-refractivity contribution is -0.124. The number of methoxy groups -OCH3 is 1. The highest BCUT2D eigenvalue weighted by atomic mass is 32.2. The Morgan fingerprint density at radius 2 is 1.96 bits per heavy atom. The first-order chi connectivity index (χ1) is 13.2. The van der Waals surface area contributed by atoms with E-state index in [1.807, 2.05) is 13.0 Å². The monoisotopic (exact) mass is 404 g/mol. The summed E-state index contributed by atoms with van der Waals surface area (Å²) in [5.41, 5.74) is 0.925. The molecule has 150 valence electrons. The van der Waals surface area contributed by atoms with Crippen LogP contribution in [0.1, 0.15) is 26.3 Å². The van der Waals surface area contributed by atoms with Gasteiger partial charge in [-0.15, -0.1) is 0 Å². The highest BCUT2D eigenvalue weighted by Gasteiger charge is 2.32. The number of fused-ring (bicyclic) bond motifs is 1. The Kier molecular flexibility index (Phi) is 5.25. The number of sulfonamides is 1. The zero-order valence-corrected chi connectivity index (χ0v) is 17.1. The number of aryl methyl sites for hydroxylation is 1. The number of benzene rings is 2. The van der Waals surface area contributed by atoms with Crippen molar-refractivity contribution in [1.82, 2.24) is 0 Å². The standard InChI is InChI=1S/C20H24N2O5S/c1-5-13-6-8-17(26-4)18(10-13)28(24,25)22-14-7-9-16-15(11-14)21-19(23)20(2,3)12-27-16/h6-11,22H,5,12H2,1-4H3,(H,21,23). The van der Waals surface area contributed by atoms with E-state index in [1.165, 1.54) is 7.11 Å². The summed E-state index contributed by atoms with van der Waals surface area (Å²) in [7, 11) is -2.46. The smallest absolute Gasteiger partial charge is 0.265 e. The van der Waals surface area contributed by atoms with Crippen LogP contribution in [0.2, 0.25) is 0 Å². The highest BCUT2D eigenvalue weighted by Crippen LogP contribution is 2.35. The fourth-order valence-corrected chi connectivity index (χ4v) is 4.06. The summed E-state index contributed by atoms with van der Waals surface area (Å²) in [6, 6.07) is 9.83. The Labute approximate surface area is 165 Å². The number of hydrogen-bond acceptors (Lipinski definition) is 5. The highest BCUT2D eigenvalue weighted by molar-refractivity contribution is 7.92. The van der Waals surface area contributed by atoms with Gasteiger partial charge < -0.3 is 14.8 Å². The molecule has 2 N–H and O–H groups in total. The molecular weight excluding hydrogens is 380 g/mol. The number of ether oxygens (including phenoxy) is 2. The molecule has 3 rings (SSSR count). The van der Waals surface area contributed by atoms with Crippen LogP contribution in [0.25, 0.3) is 0 Å². The molecule has 2 aromatic carbocycles. The van der Waals surface area contributed by atoms with Crippen LogP contribution in [0.15, 0.2) is 41.3 Å². The van der Waals surface area contributed by atoms with E-state index in [-0.39, 0.29) is 23.2 Å². The third kappa shape index (κ3) is 3.91. The molecule has 0 saturated carbocycles. The van der Waals surface area contributed by atoms with Crippen LogP contribution in [0.3, 0.4) is 0 Å². The Hall–Kier alpha value is -2.74. The van der Waals surface area contributed by atoms with Crippen molar-refractivity contribution >= 4 is 27.3 Å². The van der Waals surface area contributed by atoms with E-state index >= 15 is 0 Å². The van der Waals surface area contributed by atoms with Gasteiger partial charge in [-0.3, -0.25) is 9.52 Å². The van der Waals surface area contributed by atoms with E-state index in [9.17, 15) is 13.2 Å². The second kappa shape index (κ2) is 7.35. The van der Waals surface area contributed by atoms with Gasteiger partial charge in [0.05, 0.1) is 23.9 Å². The Morgan fingerprint density at radius 1 is 1.21 bits per heavy atom. The van der Waals surface area contributed by atoms with Gasteiger partial charge in [0.1, 0.15) is 23.0 Å². The van der Waals surface area contributed by atoms with Crippen LogP contribution in [-0.4, -0.2) is 28.0 Å². The van der Waals surface area contributed by atoms with Crippen LogP contribution in [0, 0.1) is 5.41 Å². The summed E-state index contributed by atoms with van der Waals surface area (Å²) in [5.74, 6) is 0.564. The lowest BCUT2D eigenvalue weighted by Gasteiger charge is -2.18. The molecule has 8 heteroatoms. The lowest BCUT2D eigenvalue weighted by atomic mass is 9.94. The van der Waals surface area contributed by atoms with Crippen molar-refractivity contribution in [2.75, 3.05) is 23.8 Å². The zero-order valence-electron chi connectivity index (χ0n) is 16.3. The van der Waals surface area contributed by atoms with Gasteiger partial charge >= 0.3 is 0 Å². The number of hydrogen-bond donors (Lipinski definition) is 2. The fourth-order valence-electron chi connectivity index (χ4n) is 2.79. The van der Waals surface area contributed by atoms with Crippen LogP contribution in [-0.2, 0) is 21.2 Å². The predicted molar refractivity (Wildman–Crippen MR) is 108 cm³/mol. The quantitative estimate of drug-likeness (QED) is 0.796. The summed E-state index contributed by atoms with van der Waals surface area (Å²) >= 11 is 0. The van der Waals surface area contributed by atoms with Crippen molar-refractivity contribution in [2.45, 2.75) is 32.1 Å². The number of carbonyl (C=O) groups excluding carboxylic acids is 1. The predicted octanol–water partition coefficient (Wildman–Crippen LogP) is 3.42. The van der Waals surface area contributed by atoms with E-state index in [1.54, 1.807) is 44.2 Å². The van der Waals surface area contributed by atoms with E-state index in [0.717, 1.165) is 5.56 Å². The van der Waals surface area contributed by atoms with Crippen molar-refractivity contribution in [2.24, 2.45) is 5.41 Å². The molecule has 2 aromatic rings. The van der Waals surface area contributed by atoms with Gasteiger partial charge in [-0.1, -0.05) is 13.0 Å². The molecule has 28 heavy (non-hydrogen) atoms. The second-order valence-electron chi connectivity index (χ2n) is 7.28. The number of anilines is 2. The van der Waals surface area contributed by atoms with Crippen LogP contribution in [0.4, 0.5) is 11.4 Å². The van der Waals surface area contributed by atoms with Crippen molar-refractivity contribution in [3.05, 3.63) is 42.0 Å². The van der Waals surface area contributed by atoms with E-state index in [4.69, 9.17) is 9.47 Å². The topological polar surface area (TPSA) is 93.7 Å². The van der Waals surface area contributed by atoms with Crippen molar-refractivity contribution in [3.8, 4) is 11.5 Å². The lowest BCUT2D eigenvalue weighted by Crippen LogP contribution is -2.33. The maximum atomic E-state index is 12.9. The minimum Gasteiger partial charge on any atom is -0.495 e. The fraction of sp³-hybridized carbons (Fsp3) is 0.350. The minimum absolute atomic E-state index is 0.0608. The van der Waals surface area contributed by atoms with E-state index in [0.29, 0.717) is 23.5 Å². The normalized spacial score (nSPS) is 15.6. The number of carbonyl (C=O) groups is 1. The zero-order chi connectivity index (χ0) is 20.5. The van der Waals surface area contributed by atoms with Crippen LogP contribution < -0.4 is 19.5 Å². The minimum atomic E-state index is -3.89. The molecule has 0 unspecified atom stereocenters. The van der Waals surface area contributed by atoms with Gasteiger partial charge in [-0.25, -0.2) is 8.42 Å². The maximum absolute atomic E-state index is 12.9. The van der Waals surface area contributed by atoms with Crippen LogP contribution >= 0.6 is 0 Å². The van der Waals surface area contributed by atoms with Crippen molar-refractivity contribution < 1.29 is 22.7 Å².